The number of benzene rings is 4. The Labute approximate surface area is 238 Å². The van der Waals surface area contributed by atoms with Gasteiger partial charge in [0.15, 0.2) is 0 Å². The summed E-state index contributed by atoms with van der Waals surface area (Å²) < 4.78 is 0. The molecule has 8 nitrogen and oxygen atoms in total. The first-order valence-corrected chi connectivity index (χ1v) is 14.2. The quantitative estimate of drug-likeness (QED) is 0.203. The molecule has 0 spiro atoms. The predicted octanol–water partition coefficient (Wildman–Crippen LogP) is 4.23. The topological polar surface area (TPSA) is 98.8 Å². The molecule has 0 radical (unpaired) electrons. The molecule has 4 aromatic carbocycles. The summed E-state index contributed by atoms with van der Waals surface area (Å²) >= 11 is 0. The van der Waals surface area contributed by atoms with Crippen molar-refractivity contribution in [2.24, 2.45) is 0 Å². The minimum Gasteiger partial charge on any atom is -0.317 e. The van der Waals surface area contributed by atoms with Crippen LogP contribution in [0.15, 0.2) is 72.8 Å². The Bertz CT molecular complexity index is 1460. The van der Waals surface area contributed by atoms with Crippen LogP contribution in [-0.4, -0.2) is 72.7 Å². The van der Waals surface area contributed by atoms with E-state index in [4.69, 9.17) is 0 Å². The fourth-order valence-electron chi connectivity index (χ4n) is 5.88. The van der Waals surface area contributed by atoms with E-state index in [0.717, 1.165) is 41.1 Å². The number of rotatable bonds is 12. The minimum atomic E-state index is -0.224. The number of hydrogen-bond donors (Lipinski definition) is 2. The maximum atomic E-state index is 13.0. The van der Waals surface area contributed by atoms with Crippen molar-refractivity contribution in [3.05, 3.63) is 95.1 Å². The second kappa shape index (κ2) is 11.6. The van der Waals surface area contributed by atoms with E-state index >= 15 is 0 Å². The monoisotopic (exact) mass is 548 g/mol. The molecule has 0 bridgehead atoms. The SMILES string of the molecule is O=C1c2cccc3cccc(c23)C(=O)N1CCCNCCCNCCCN1C(=O)c2cccc3cccc(c23)C1=O. The van der Waals surface area contributed by atoms with Crippen LogP contribution >= 0.6 is 0 Å². The Morgan fingerprint density at radius 2 is 0.756 bits per heavy atom. The first-order chi connectivity index (χ1) is 20.1. The lowest BCUT2D eigenvalue weighted by Gasteiger charge is -2.27. The zero-order chi connectivity index (χ0) is 28.3. The fourth-order valence-corrected chi connectivity index (χ4v) is 5.88. The summed E-state index contributed by atoms with van der Waals surface area (Å²) in [5, 5.41) is 10.1. The number of imide groups is 2. The molecule has 2 aliphatic rings. The van der Waals surface area contributed by atoms with Gasteiger partial charge >= 0.3 is 0 Å². The van der Waals surface area contributed by atoms with E-state index < -0.39 is 0 Å². The third kappa shape index (κ3) is 5.01. The Kier molecular flexibility index (Phi) is 7.59. The van der Waals surface area contributed by atoms with E-state index in [2.05, 4.69) is 10.6 Å². The summed E-state index contributed by atoms with van der Waals surface area (Å²) in [5.41, 5.74) is 2.36. The summed E-state index contributed by atoms with van der Waals surface area (Å²) in [6.07, 6.45) is 2.27. The van der Waals surface area contributed by atoms with Crippen LogP contribution in [0.2, 0.25) is 0 Å². The van der Waals surface area contributed by atoms with Crippen LogP contribution in [0.3, 0.4) is 0 Å². The highest BCUT2D eigenvalue weighted by Crippen LogP contribution is 2.31. The first-order valence-electron chi connectivity index (χ1n) is 14.2. The number of amides is 4. The molecule has 41 heavy (non-hydrogen) atoms. The predicted molar refractivity (Wildman–Crippen MR) is 158 cm³/mol. The van der Waals surface area contributed by atoms with Gasteiger partial charge in [0.1, 0.15) is 0 Å². The normalized spacial score (nSPS) is 14.5. The number of nitrogens with one attached hydrogen (secondary N) is 2. The van der Waals surface area contributed by atoms with Gasteiger partial charge in [0.05, 0.1) is 0 Å². The van der Waals surface area contributed by atoms with Crippen molar-refractivity contribution in [1.82, 2.24) is 20.4 Å². The zero-order valence-electron chi connectivity index (χ0n) is 22.8. The third-order valence-electron chi connectivity index (χ3n) is 7.89. The van der Waals surface area contributed by atoms with Crippen molar-refractivity contribution < 1.29 is 19.2 Å². The lowest BCUT2D eigenvalue weighted by Crippen LogP contribution is -2.41. The second-order valence-electron chi connectivity index (χ2n) is 10.5. The zero-order valence-corrected chi connectivity index (χ0v) is 22.8. The van der Waals surface area contributed by atoms with Crippen molar-refractivity contribution in [2.75, 3.05) is 39.3 Å². The molecule has 0 aromatic heterocycles. The lowest BCUT2D eigenvalue weighted by molar-refractivity contribution is 0.0593. The molecule has 0 saturated carbocycles. The Morgan fingerprint density at radius 3 is 1.10 bits per heavy atom. The largest absolute Gasteiger partial charge is 0.317 e. The maximum Gasteiger partial charge on any atom is 0.261 e. The molecule has 2 aliphatic heterocycles. The van der Waals surface area contributed by atoms with Gasteiger partial charge in [0.2, 0.25) is 0 Å². The van der Waals surface area contributed by atoms with E-state index in [1.165, 1.54) is 9.80 Å². The van der Waals surface area contributed by atoms with Crippen LogP contribution in [0, 0.1) is 0 Å². The summed E-state index contributed by atoms with van der Waals surface area (Å²) in [7, 11) is 0. The van der Waals surface area contributed by atoms with Gasteiger partial charge in [-0.1, -0.05) is 48.5 Å². The maximum absolute atomic E-state index is 13.0. The van der Waals surface area contributed by atoms with E-state index in [1.807, 2.05) is 48.5 Å². The molecule has 4 aromatic rings. The average molecular weight is 549 g/mol. The van der Waals surface area contributed by atoms with E-state index in [0.29, 0.717) is 61.3 Å². The van der Waals surface area contributed by atoms with Crippen LogP contribution < -0.4 is 10.6 Å². The van der Waals surface area contributed by atoms with E-state index in [-0.39, 0.29) is 23.6 Å². The standard InChI is InChI=1S/C33H32N4O4/c38-30-24-12-1-8-22-9-2-13-25(28(22)24)31(39)36(30)20-6-18-34-16-5-17-35-19-7-21-37-32(40)26-14-3-10-23-11-4-15-27(29(23)26)33(37)41/h1-4,8-15,34-35H,5-7,16-21H2. The number of hydrogen-bond acceptors (Lipinski definition) is 6. The molecule has 2 heterocycles. The highest BCUT2D eigenvalue weighted by molar-refractivity contribution is 6.26. The molecular formula is C33H32N4O4. The summed E-state index contributed by atoms with van der Waals surface area (Å²) in [4.78, 5) is 54.6. The number of carbonyl (C=O) groups excluding carboxylic acids is 4. The van der Waals surface area contributed by atoms with Crippen molar-refractivity contribution in [2.45, 2.75) is 19.3 Å². The van der Waals surface area contributed by atoms with Gasteiger partial charge in [-0.2, -0.15) is 0 Å². The fraction of sp³-hybridized carbons (Fsp3) is 0.273. The minimum absolute atomic E-state index is 0.224. The highest BCUT2D eigenvalue weighted by Gasteiger charge is 2.33. The molecule has 208 valence electrons. The van der Waals surface area contributed by atoms with Gasteiger partial charge in [0, 0.05) is 46.1 Å². The highest BCUT2D eigenvalue weighted by atomic mass is 16.2. The van der Waals surface area contributed by atoms with Gasteiger partial charge in [-0.25, -0.2) is 0 Å². The van der Waals surface area contributed by atoms with Gasteiger partial charge in [-0.3, -0.25) is 29.0 Å². The van der Waals surface area contributed by atoms with Crippen molar-refractivity contribution in [3.63, 3.8) is 0 Å². The smallest absolute Gasteiger partial charge is 0.261 e. The molecule has 2 N–H and O–H groups in total. The van der Waals surface area contributed by atoms with Crippen LogP contribution in [0.25, 0.3) is 21.5 Å². The van der Waals surface area contributed by atoms with Crippen molar-refractivity contribution >= 4 is 45.2 Å². The van der Waals surface area contributed by atoms with Crippen molar-refractivity contribution in [1.29, 1.82) is 0 Å². The summed E-state index contributed by atoms with van der Waals surface area (Å²) in [5.74, 6) is -0.897. The third-order valence-corrected chi connectivity index (χ3v) is 7.89. The number of nitrogens with zero attached hydrogens (tertiary/aromatic N) is 2. The number of carbonyl (C=O) groups is 4. The van der Waals surface area contributed by atoms with E-state index in [1.54, 1.807) is 24.3 Å². The lowest BCUT2D eigenvalue weighted by atomic mass is 9.94. The molecule has 0 unspecified atom stereocenters. The molecule has 0 saturated heterocycles. The van der Waals surface area contributed by atoms with Crippen molar-refractivity contribution in [3.8, 4) is 0 Å². The Hall–Kier alpha value is -4.40. The second-order valence-corrected chi connectivity index (χ2v) is 10.5. The molecule has 6 rings (SSSR count). The molecule has 4 amide bonds. The van der Waals surface area contributed by atoms with Gasteiger partial charge < -0.3 is 10.6 Å². The summed E-state index contributed by atoms with van der Waals surface area (Å²) in [6.45, 7) is 3.77. The Morgan fingerprint density at radius 1 is 0.439 bits per heavy atom. The molecule has 0 fully saturated rings. The van der Waals surface area contributed by atoms with Crippen LogP contribution in [0.1, 0.15) is 60.7 Å². The van der Waals surface area contributed by atoms with E-state index in [9.17, 15) is 19.2 Å². The van der Waals surface area contributed by atoms with Gasteiger partial charge in [0.25, 0.3) is 23.6 Å². The molecule has 0 atom stereocenters. The van der Waals surface area contributed by atoms with Gasteiger partial charge in [-0.05, 0) is 80.5 Å². The molecule has 8 heteroatoms. The molecular weight excluding hydrogens is 516 g/mol. The average Bonchev–Trinajstić information content (AvgIpc) is 3.00. The molecule has 0 aliphatic carbocycles. The Balaban J connectivity index is 0.877. The van der Waals surface area contributed by atoms with Crippen LogP contribution in [-0.2, 0) is 0 Å². The first kappa shape index (κ1) is 26.8. The summed E-state index contributed by atoms with van der Waals surface area (Å²) in [6, 6.07) is 22.3. The van der Waals surface area contributed by atoms with Crippen LogP contribution in [0.5, 0.6) is 0 Å². The van der Waals surface area contributed by atoms with Gasteiger partial charge in [-0.15, -0.1) is 0 Å². The van der Waals surface area contributed by atoms with Crippen LogP contribution in [0.4, 0.5) is 0 Å².